The van der Waals surface area contributed by atoms with E-state index < -0.39 is 0 Å². The Balaban J connectivity index is 2.31. The molecule has 96 valence electrons. The van der Waals surface area contributed by atoms with Crippen LogP contribution in [-0.2, 0) is 4.79 Å². The van der Waals surface area contributed by atoms with Crippen LogP contribution in [0.3, 0.4) is 0 Å². The van der Waals surface area contributed by atoms with Crippen molar-refractivity contribution in [2.45, 2.75) is 52.1 Å². The highest BCUT2D eigenvalue weighted by Crippen LogP contribution is 2.22. The van der Waals surface area contributed by atoms with E-state index in [1.165, 1.54) is 9.75 Å². The van der Waals surface area contributed by atoms with Crippen molar-refractivity contribution in [1.29, 1.82) is 0 Å². The Hall–Kier alpha value is -0.870. The van der Waals surface area contributed by atoms with Crippen molar-refractivity contribution in [2.75, 3.05) is 0 Å². The minimum Gasteiger partial charge on any atom is -0.349 e. The number of carbonyl (C=O) groups excluding carboxylic acids is 1. The number of hydrogen-bond acceptors (Lipinski definition) is 3. The van der Waals surface area contributed by atoms with Gasteiger partial charge in [-0.2, -0.15) is 0 Å². The van der Waals surface area contributed by atoms with Crippen LogP contribution in [0.25, 0.3) is 0 Å². The molecular weight excluding hydrogens is 232 g/mol. The summed E-state index contributed by atoms with van der Waals surface area (Å²) >= 11 is 1.73. The zero-order chi connectivity index (χ0) is 12.8. The Kier molecular flexibility index (Phi) is 5.65. The average Bonchev–Trinajstić information content (AvgIpc) is 2.64. The van der Waals surface area contributed by atoms with Gasteiger partial charge < -0.3 is 11.1 Å². The Bertz CT molecular complexity index is 360. The normalized spacial score (nSPS) is 14.4. The van der Waals surface area contributed by atoms with Gasteiger partial charge in [-0.3, -0.25) is 4.79 Å². The van der Waals surface area contributed by atoms with Gasteiger partial charge in [0, 0.05) is 22.2 Å². The molecule has 0 aliphatic carbocycles. The third-order valence-electron chi connectivity index (χ3n) is 2.63. The van der Waals surface area contributed by atoms with E-state index in [1.807, 2.05) is 13.8 Å². The van der Waals surface area contributed by atoms with E-state index in [0.717, 1.165) is 12.8 Å². The van der Waals surface area contributed by atoms with Crippen LogP contribution in [0.5, 0.6) is 0 Å². The fourth-order valence-electron chi connectivity index (χ4n) is 1.66. The van der Waals surface area contributed by atoms with Crippen molar-refractivity contribution in [1.82, 2.24) is 5.32 Å². The molecule has 0 aliphatic heterocycles. The second kappa shape index (κ2) is 6.77. The molecule has 0 fully saturated rings. The molecule has 1 heterocycles. The van der Waals surface area contributed by atoms with Gasteiger partial charge in [-0.15, -0.1) is 11.3 Å². The molecule has 4 heteroatoms. The summed E-state index contributed by atoms with van der Waals surface area (Å²) in [5, 5.41) is 3.01. The molecule has 0 aliphatic rings. The highest BCUT2D eigenvalue weighted by atomic mass is 32.1. The molecular formula is C13H22N2OS. The summed E-state index contributed by atoms with van der Waals surface area (Å²) in [6.07, 6.45) is 2.33. The van der Waals surface area contributed by atoms with Gasteiger partial charge in [0.25, 0.3) is 0 Å². The molecule has 2 atom stereocenters. The fourth-order valence-corrected chi connectivity index (χ4v) is 2.54. The average molecular weight is 254 g/mol. The molecule has 1 amide bonds. The summed E-state index contributed by atoms with van der Waals surface area (Å²) in [5.41, 5.74) is 5.64. The summed E-state index contributed by atoms with van der Waals surface area (Å²) in [6, 6.07) is 4.45. The first-order valence-corrected chi connectivity index (χ1v) is 6.92. The molecule has 1 aromatic rings. The summed E-state index contributed by atoms with van der Waals surface area (Å²) in [5.74, 6) is 0.115. The first kappa shape index (κ1) is 14.2. The van der Waals surface area contributed by atoms with Crippen molar-refractivity contribution < 1.29 is 4.79 Å². The first-order valence-electron chi connectivity index (χ1n) is 6.10. The predicted molar refractivity (Wildman–Crippen MR) is 73.1 cm³/mol. The first-order chi connectivity index (χ1) is 7.99. The third-order valence-corrected chi connectivity index (χ3v) is 3.81. The lowest BCUT2D eigenvalue weighted by Crippen LogP contribution is -2.26. The van der Waals surface area contributed by atoms with Crippen LogP contribution in [0, 0.1) is 6.92 Å². The van der Waals surface area contributed by atoms with Crippen LogP contribution in [0.4, 0.5) is 0 Å². The van der Waals surface area contributed by atoms with Crippen LogP contribution >= 0.6 is 11.3 Å². The van der Waals surface area contributed by atoms with Gasteiger partial charge in [-0.05, 0) is 45.7 Å². The summed E-state index contributed by atoms with van der Waals surface area (Å²) in [4.78, 5) is 14.2. The van der Waals surface area contributed by atoms with Gasteiger partial charge in [0.2, 0.25) is 5.91 Å². The Labute approximate surface area is 107 Å². The number of aryl methyl sites for hydroxylation is 1. The van der Waals surface area contributed by atoms with Crippen LogP contribution in [-0.4, -0.2) is 11.9 Å². The smallest absolute Gasteiger partial charge is 0.220 e. The minimum atomic E-state index is 0.108. The molecule has 0 saturated heterocycles. The molecule has 3 N–H and O–H groups in total. The molecule has 17 heavy (non-hydrogen) atoms. The van der Waals surface area contributed by atoms with E-state index in [2.05, 4.69) is 24.4 Å². The number of amides is 1. The van der Waals surface area contributed by atoms with E-state index in [-0.39, 0.29) is 18.0 Å². The summed E-state index contributed by atoms with van der Waals surface area (Å²) in [7, 11) is 0. The second-order valence-corrected chi connectivity index (χ2v) is 5.93. The lowest BCUT2D eigenvalue weighted by atomic mass is 10.1. The number of thiophene rings is 1. The molecule has 0 radical (unpaired) electrons. The molecule has 0 bridgehead atoms. The number of carbonyl (C=O) groups is 1. The SMILES string of the molecule is Cc1ccc(C(C)NC(=O)CCCC(C)N)s1. The van der Waals surface area contributed by atoms with E-state index in [0.29, 0.717) is 6.42 Å². The second-order valence-electron chi connectivity index (χ2n) is 4.61. The van der Waals surface area contributed by atoms with Gasteiger partial charge in [0.15, 0.2) is 0 Å². The van der Waals surface area contributed by atoms with E-state index in [4.69, 9.17) is 5.73 Å². The lowest BCUT2D eigenvalue weighted by Gasteiger charge is -2.12. The van der Waals surface area contributed by atoms with Crippen molar-refractivity contribution in [3.63, 3.8) is 0 Å². The minimum absolute atomic E-state index is 0.108. The number of rotatable bonds is 6. The largest absolute Gasteiger partial charge is 0.349 e. The maximum atomic E-state index is 11.7. The zero-order valence-electron chi connectivity index (χ0n) is 10.8. The van der Waals surface area contributed by atoms with Crippen LogP contribution < -0.4 is 11.1 Å². The topological polar surface area (TPSA) is 55.1 Å². The van der Waals surface area contributed by atoms with Crippen LogP contribution in [0.1, 0.15) is 48.9 Å². The van der Waals surface area contributed by atoms with Crippen molar-refractivity contribution in [3.8, 4) is 0 Å². The maximum absolute atomic E-state index is 11.7. The number of hydrogen-bond donors (Lipinski definition) is 2. The van der Waals surface area contributed by atoms with Gasteiger partial charge in [0.1, 0.15) is 0 Å². The van der Waals surface area contributed by atoms with E-state index >= 15 is 0 Å². The van der Waals surface area contributed by atoms with Crippen molar-refractivity contribution in [3.05, 3.63) is 21.9 Å². The van der Waals surface area contributed by atoms with Gasteiger partial charge in [-0.25, -0.2) is 0 Å². The summed E-state index contributed by atoms with van der Waals surface area (Å²) < 4.78 is 0. The van der Waals surface area contributed by atoms with E-state index in [9.17, 15) is 4.79 Å². The maximum Gasteiger partial charge on any atom is 0.220 e. The fraction of sp³-hybridized carbons (Fsp3) is 0.615. The van der Waals surface area contributed by atoms with E-state index in [1.54, 1.807) is 11.3 Å². The van der Waals surface area contributed by atoms with Gasteiger partial charge in [-0.1, -0.05) is 0 Å². The molecule has 3 nitrogen and oxygen atoms in total. The molecule has 0 spiro atoms. The van der Waals surface area contributed by atoms with Crippen LogP contribution in [0.15, 0.2) is 12.1 Å². The Morgan fingerprint density at radius 3 is 2.71 bits per heavy atom. The van der Waals surface area contributed by atoms with Gasteiger partial charge in [0.05, 0.1) is 6.04 Å². The summed E-state index contributed by atoms with van der Waals surface area (Å²) in [6.45, 7) is 6.06. The highest BCUT2D eigenvalue weighted by molar-refractivity contribution is 7.12. The van der Waals surface area contributed by atoms with Crippen molar-refractivity contribution >= 4 is 17.2 Å². The Morgan fingerprint density at radius 2 is 2.18 bits per heavy atom. The highest BCUT2D eigenvalue weighted by Gasteiger charge is 2.10. The monoisotopic (exact) mass is 254 g/mol. The zero-order valence-corrected chi connectivity index (χ0v) is 11.6. The lowest BCUT2D eigenvalue weighted by molar-refractivity contribution is -0.121. The van der Waals surface area contributed by atoms with Crippen molar-refractivity contribution in [2.24, 2.45) is 5.73 Å². The predicted octanol–water partition coefficient (Wildman–Crippen LogP) is 2.75. The molecule has 2 unspecified atom stereocenters. The molecule has 0 aromatic carbocycles. The molecule has 0 saturated carbocycles. The van der Waals surface area contributed by atoms with Gasteiger partial charge >= 0.3 is 0 Å². The number of nitrogens with two attached hydrogens (primary N) is 1. The molecule has 1 rings (SSSR count). The van der Waals surface area contributed by atoms with Crippen LogP contribution in [0.2, 0.25) is 0 Å². The Morgan fingerprint density at radius 1 is 1.47 bits per heavy atom. The quantitative estimate of drug-likeness (QED) is 0.820. The standard InChI is InChI=1S/C13H22N2OS/c1-9(14)5-4-6-13(16)15-11(3)12-8-7-10(2)17-12/h7-9,11H,4-6,14H2,1-3H3,(H,15,16). The molecule has 1 aromatic heterocycles. The number of nitrogens with one attached hydrogen (secondary N) is 1. The third kappa shape index (κ3) is 5.33.